The van der Waals surface area contributed by atoms with Crippen LogP contribution in [0.4, 0.5) is 14.5 Å². The molecule has 0 spiro atoms. The molecule has 0 saturated carbocycles. The molecule has 174 valence electrons. The van der Waals surface area contributed by atoms with Crippen LogP contribution in [0, 0.1) is 0 Å². The van der Waals surface area contributed by atoms with Crippen LogP contribution in [0.1, 0.15) is 29.3 Å². The summed E-state index contributed by atoms with van der Waals surface area (Å²) in [5.41, 5.74) is -1.70. The largest absolute Gasteiger partial charge is 0.497 e. The second kappa shape index (κ2) is 9.40. The Morgan fingerprint density at radius 3 is 2.48 bits per heavy atom. The van der Waals surface area contributed by atoms with Crippen molar-refractivity contribution in [2.24, 2.45) is 0 Å². The number of hydrogen-bond donors (Lipinski definition) is 2. The zero-order valence-electron chi connectivity index (χ0n) is 18.0. The number of allylic oxidation sites excluding steroid dienone is 1. The number of anilines is 1. The van der Waals surface area contributed by atoms with Gasteiger partial charge in [-0.1, -0.05) is 36.4 Å². The highest BCUT2D eigenvalue weighted by molar-refractivity contribution is 6.04. The maximum Gasteiger partial charge on any atom is 0.377 e. The molecular formula is C24H23F2NO6. The lowest BCUT2D eigenvalue weighted by molar-refractivity contribution is -0.174. The van der Waals surface area contributed by atoms with E-state index in [1.54, 1.807) is 18.2 Å². The molecule has 0 bridgehead atoms. The minimum atomic E-state index is -3.97. The monoisotopic (exact) mass is 459 g/mol. The second-order valence-electron chi connectivity index (χ2n) is 7.50. The highest BCUT2D eigenvalue weighted by Gasteiger charge is 2.57. The van der Waals surface area contributed by atoms with Crippen molar-refractivity contribution in [1.29, 1.82) is 0 Å². The first-order chi connectivity index (χ1) is 15.7. The Balaban J connectivity index is 2.12. The van der Waals surface area contributed by atoms with Gasteiger partial charge in [0.15, 0.2) is 5.78 Å². The third-order valence-electron chi connectivity index (χ3n) is 5.54. The molecule has 0 saturated heterocycles. The van der Waals surface area contributed by atoms with Gasteiger partial charge in [0, 0.05) is 12.5 Å². The number of carbonyl (C=O) groups excluding carboxylic acids is 2. The molecule has 0 radical (unpaired) electrons. The van der Waals surface area contributed by atoms with Gasteiger partial charge in [-0.05, 0) is 30.7 Å². The van der Waals surface area contributed by atoms with Crippen molar-refractivity contribution in [1.82, 2.24) is 0 Å². The van der Waals surface area contributed by atoms with Gasteiger partial charge in [-0.15, -0.1) is 0 Å². The predicted molar refractivity (Wildman–Crippen MR) is 116 cm³/mol. The van der Waals surface area contributed by atoms with Crippen molar-refractivity contribution in [3.05, 3.63) is 71.8 Å². The molecule has 0 aliphatic heterocycles. The first-order valence-corrected chi connectivity index (χ1v) is 10.2. The van der Waals surface area contributed by atoms with Crippen LogP contribution in [0.5, 0.6) is 5.75 Å². The van der Waals surface area contributed by atoms with Gasteiger partial charge in [-0.25, -0.2) is 9.59 Å². The molecule has 2 N–H and O–H groups in total. The summed E-state index contributed by atoms with van der Waals surface area (Å²) in [6, 6.07) is 11.0. The fraction of sp³-hybridized carbons (Fsp3) is 0.292. The third-order valence-corrected chi connectivity index (χ3v) is 5.54. The molecule has 2 aromatic carbocycles. The maximum atomic E-state index is 15.0. The van der Waals surface area contributed by atoms with Crippen LogP contribution in [0.2, 0.25) is 0 Å². The Labute approximate surface area is 189 Å². The van der Waals surface area contributed by atoms with E-state index in [0.717, 1.165) is 6.08 Å². The van der Waals surface area contributed by atoms with E-state index >= 15 is 8.78 Å². The SMILES string of the molecule is CCOC(=O)C(F)(F)C[C@]1(c2ccccc2)C(=O)C=C[C@H]1Nc1cc(OC)ccc1C(=O)O. The van der Waals surface area contributed by atoms with Crippen LogP contribution in [-0.2, 0) is 19.7 Å². The highest BCUT2D eigenvalue weighted by atomic mass is 19.3. The number of ketones is 1. The van der Waals surface area contributed by atoms with Crippen molar-refractivity contribution in [2.45, 2.75) is 30.7 Å². The number of aromatic carboxylic acids is 1. The second-order valence-corrected chi connectivity index (χ2v) is 7.50. The van der Waals surface area contributed by atoms with Crippen LogP contribution >= 0.6 is 0 Å². The molecule has 33 heavy (non-hydrogen) atoms. The zero-order chi connectivity index (χ0) is 24.2. The number of methoxy groups -OCH3 is 1. The molecular weight excluding hydrogens is 436 g/mol. The molecule has 0 amide bonds. The van der Waals surface area contributed by atoms with Gasteiger partial charge in [0.2, 0.25) is 0 Å². The van der Waals surface area contributed by atoms with Crippen LogP contribution in [0.3, 0.4) is 0 Å². The molecule has 3 rings (SSSR count). The Morgan fingerprint density at radius 2 is 1.88 bits per heavy atom. The van der Waals surface area contributed by atoms with E-state index < -0.39 is 41.5 Å². The van der Waals surface area contributed by atoms with E-state index in [4.69, 9.17) is 4.74 Å². The maximum absolute atomic E-state index is 15.0. The normalized spacial score (nSPS) is 19.9. The summed E-state index contributed by atoms with van der Waals surface area (Å²) >= 11 is 0. The minimum absolute atomic E-state index is 0.0750. The van der Waals surface area contributed by atoms with Crippen molar-refractivity contribution in [3.63, 3.8) is 0 Å². The van der Waals surface area contributed by atoms with Crippen molar-refractivity contribution >= 4 is 23.4 Å². The highest BCUT2D eigenvalue weighted by Crippen LogP contribution is 2.45. The quantitative estimate of drug-likeness (QED) is 0.550. The summed E-state index contributed by atoms with van der Waals surface area (Å²) in [4.78, 5) is 36.9. The lowest BCUT2D eigenvalue weighted by Gasteiger charge is -2.37. The van der Waals surface area contributed by atoms with Gasteiger partial charge in [-0.2, -0.15) is 8.78 Å². The number of carboxylic acids is 1. The van der Waals surface area contributed by atoms with Crippen LogP contribution in [0.15, 0.2) is 60.7 Å². The van der Waals surface area contributed by atoms with Gasteiger partial charge >= 0.3 is 17.9 Å². The molecule has 0 aromatic heterocycles. The van der Waals surface area contributed by atoms with E-state index in [2.05, 4.69) is 10.1 Å². The van der Waals surface area contributed by atoms with E-state index in [-0.39, 0.29) is 23.4 Å². The first-order valence-electron chi connectivity index (χ1n) is 10.2. The fourth-order valence-corrected chi connectivity index (χ4v) is 3.96. The Hall–Kier alpha value is -3.75. The number of rotatable bonds is 9. The van der Waals surface area contributed by atoms with Gasteiger partial charge < -0.3 is 19.9 Å². The number of ether oxygens (including phenoxy) is 2. The van der Waals surface area contributed by atoms with Gasteiger partial charge in [-0.3, -0.25) is 4.79 Å². The number of alkyl halides is 2. The average Bonchev–Trinajstić information content (AvgIpc) is 3.09. The first kappa shape index (κ1) is 23.9. The van der Waals surface area contributed by atoms with Gasteiger partial charge in [0.05, 0.1) is 36.4 Å². The predicted octanol–water partition coefficient (Wildman–Crippen LogP) is 3.84. The number of nitrogens with one attached hydrogen (secondary N) is 1. The molecule has 1 aliphatic carbocycles. The number of esters is 1. The number of carboxylic acid groups (broad SMARTS) is 1. The molecule has 2 atom stereocenters. The van der Waals surface area contributed by atoms with Crippen molar-refractivity contribution in [3.8, 4) is 5.75 Å². The zero-order valence-corrected chi connectivity index (χ0v) is 18.0. The molecule has 1 aliphatic rings. The lowest BCUT2D eigenvalue weighted by atomic mass is 9.70. The van der Waals surface area contributed by atoms with Crippen LogP contribution < -0.4 is 10.1 Å². The van der Waals surface area contributed by atoms with Gasteiger partial charge in [0.1, 0.15) is 5.75 Å². The van der Waals surface area contributed by atoms with Crippen molar-refractivity contribution < 1.29 is 37.7 Å². The van der Waals surface area contributed by atoms with E-state index in [1.165, 1.54) is 50.4 Å². The Kier molecular flexibility index (Phi) is 6.81. The summed E-state index contributed by atoms with van der Waals surface area (Å²) < 4.78 is 39.7. The topological polar surface area (TPSA) is 102 Å². The third kappa shape index (κ3) is 4.57. The minimum Gasteiger partial charge on any atom is -0.497 e. The molecule has 0 unspecified atom stereocenters. The fourth-order valence-electron chi connectivity index (χ4n) is 3.96. The smallest absolute Gasteiger partial charge is 0.377 e. The molecule has 2 aromatic rings. The number of hydrogen-bond acceptors (Lipinski definition) is 6. The molecule has 0 fully saturated rings. The van der Waals surface area contributed by atoms with Gasteiger partial charge in [0.25, 0.3) is 0 Å². The number of benzene rings is 2. The average molecular weight is 459 g/mol. The molecule has 9 heteroatoms. The standard InChI is InChI=1S/C24H23F2NO6/c1-3-33-22(31)24(25,26)14-23(15-7-5-4-6-8-15)19(11-12-20(23)28)27-18-13-16(32-2)9-10-17(18)21(29)30/h4-13,19,27H,3,14H2,1-2H3,(H,29,30)/t19-,23-/m1/s1. The number of halogens is 2. The van der Waals surface area contributed by atoms with Crippen LogP contribution in [-0.4, -0.2) is 48.5 Å². The van der Waals surface area contributed by atoms with Crippen LogP contribution in [0.25, 0.3) is 0 Å². The van der Waals surface area contributed by atoms with E-state index in [1.807, 2.05) is 0 Å². The van der Waals surface area contributed by atoms with Crippen molar-refractivity contribution in [2.75, 3.05) is 19.0 Å². The summed E-state index contributed by atoms with van der Waals surface area (Å²) in [5, 5.41) is 12.5. The summed E-state index contributed by atoms with van der Waals surface area (Å²) in [7, 11) is 1.40. The molecule has 7 nitrogen and oxygen atoms in total. The summed E-state index contributed by atoms with van der Waals surface area (Å²) in [6.45, 7) is 1.16. The molecule has 0 heterocycles. The summed E-state index contributed by atoms with van der Waals surface area (Å²) in [5.74, 6) is -7.27. The summed E-state index contributed by atoms with van der Waals surface area (Å²) in [6.07, 6.45) is 1.38. The van der Waals surface area contributed by atoms with E-state index in [0.29, 0.717) is 5.75 Å². The van der Waals surface area contributed by atoms with E-state index in [9.17, 15) is 19.5 Å². The Morgan fingerprint density at radius 1 is 1.18 bits per heavy atom. The Bertz CT molecular complexity index is 1090. The lowest BCUT2D eigenvalue weighted by Crippen LogP contribution is -2.51. The number of carbonyl (C=O) groups is 3.